The number of aromatic nitrogens is 2. The highest BCUT2D eigenvalue weighted by Gasteiger charge is 2.20. The topological polar surface area (TPSA) is 45.8 Å². The van der Waals surface area contributed by atoms with Crippen LogP contribution in [-0.2, 0) is 12.8 Å². The fraction of sp³-hybridized carbons (Fsp3) is 0.250. The summed E-state index contributed by atoms with van der Waals surface area (Å²) < 4.78 is 0. The molecule has 0 spiro atoms. The lowest BCUT2D eigenvalue weighted by molar-refractivity contribution is 0.700. The molecule has 0 amide bonds. The van der Waals surface area contributed by atoms with Crippen LogP contribution >= 0.6 is 34.5 Å². The fourth-order valence-electron chi connectivity index (χ4n) is 2.97. The summed E-state index contributed by atoms with van der Waals surface area (Å²) in [5.41, 5.74) is 1.80. The van der Waals surface area contributed by atoms with Gasteiger partial charge in [-0.3, -0.25) is 4.79 Å². The molecule has 4 rings (SSSR count). The third-order valence-corrected chi connectivity index (χ3v) is 5.74. The second-order valence-corrected chi connectivity index (χ2v) is 7.36. The fourth-order valence-corrected chi connectivity index (χ4v) is 4.73. The summed E-state index contributed by atoms with van der Waals surface area (Å²) >= 11 is 13.8. The number of thiophene rings is 1. The Labute approximate surface area is 140 Å². The first-order valence-corrected chi connectivity index (χ1v) is 8.71. The van der Waals surface area contributed by atoms with Gasteiger partial charge in [-0.1, -0.05) is 23.2 Å². The standard InChI is InChI=1S/C16H12Cl2N2OS/c17-8-5-6-9(11(18)7-8)14-19-15(21)13-10-3-1-2-4-12(10)22-16(13)20-14/h5-7H,1-4H2,(H,19,20,21). The Morgan fingerprint density at radius 1 is 1.18 bits per heavy atom. The van der Waals surface area contributed by atoms with E-state index in [1.807, 2.05) is 0 Å². The van der Waals surface area contributed by atoms with E-state index in [9.17, 15) is 4.79 Å². The molecule has 1 aromatic carbocycles. The number of hydrogen-bond donors (Lipinski definition) is 1. The summed E-state index contributed by atoms with van der Waals surface area (Å²) in [7, 11) is 0. The van der Waals surface area contributed by atoms with E-state index < -0.39 is 0 Å². The summed E-state index contributed by atoms with van der Waals surface area (Å²) in [4.78, 5) is 22.1. The van der Waals surface area contributed by atoms with Crippen molar-refractivity contribution < 1.29 is 0 Å². The molecule has 0 atom stereocenters. The monoisotopic (exact) mass is 350 g/mol. The van der Waals surface area contributed by atoms with Gasteiger partial charge in [0.15, 0.2) is 0 Å². The number of aryl methyl sites for hydroxylation is 2. The molecule has 3 nitrogen and oxygen atoms in total. The summed E-state index contributed by atoms with van der Waals surface area (Å²) in [6, 6.07) is 5.18. The van der Waals surface area contributed by atoms with E-state index in [2.05, 4.69) is 9.97 Å². The summed E-state index contributed by atoms with van der Waals surface area (Å²) in [6.45, 7) is 0. The van der Waals surface area contributed by atoms with E-state index in [1.54, 1.807) is 29.5 Å². The SMILES string of the molecule is O=c1[nH]c(-c2ccc(Cl)cc2Cl)nc2sc3c(c12)CCCC3. The average molecular weight is 351 g/mol. The lowest BCUT2D eigenvalue weighted by atomic mass is 9.97. The lowest BCUT2D eigenvalue weighted by Gasteiger charge is -2.09. The first-order valence-electron chi connectivity index (χ1n) is 7.13. The van der Waals surface area contributed by atoms with Gasteiger partial charge < -0.3 is 4.98 Å². The molecule has 0 aliphatic heterocycles. The number of hydrogen-bond acceptors (Lipinski definition) is 3. The van der Waals surface area contributed by atoms with Crippen LogP contribution in [0.25, 0.3) is 21.6 Å². The molecule has 0 saturated heterocycles. The molecule has 0 radical (unpaired) electrons. The number of fused-ring (bicyclic) bond motifs is 3. The number of aromatic amines is 1. The van der Waals surface area contributed by atoms with Gasteiger partial charge >= 0.3 is 0 Å². The molecular weight excluding hydrogens is 339 g/mol. The molecule has 2 aromatic heterocycles. The smallest absolute Gasteiger partial charge is 0.260 e. The number of nitrogens with one attached hydrogen (secondary N) is 1. The largest absolute Gasteiger partial charge is 0.306 e. The van der Waals surface area contributed by atoms with Crippen LogP contribution in [0.1, 0.15) is 23.3 Å². The molecule has 3 aromatic rings. The summed E-state index contributed by atoms with van der Waals surface area (Å²) in [5.74, 6) is 0.498. The molecule has 6 heteroatoms. The molecular formula is C16H12Cl2N2OS. The highest BCUT2D eigenvalue weighted by atomic mass is 35.5. The van der Waals surface area contributed by atoms with Crippen molar-refractivity contribution in [1.29, 1.82) is 0 Å². The predicted molar refractivity (Wildman–Crippen MR) is 92.3 cm³/mol. The molecule has 0 bridgehead atoms. The van der Waals surface area contributed by atoms with Gasteiger partial charge in [0.25, 0.3) is 5.56 Å². The number of rotatable bonds is 1. The molecule has 112 valence electrons. The number of H-pyrrole nitrogens is 1. The zero-order valence-corrected chi connectivity index (χ0v) is 13.9. The van der Waals surface area contributed by atoms with Crippen molar-refractivity contribution in [3.63, 3.8) is 0 Å². The number of nitrogens with zero attached hydrogens (tertiary/aromatic N) is 1. The van der Waals surface area contributed by atoms with Crippen molar-refractivity contribution in [2.24, 2.45) is 0 Å². The minimum Gasteiger partial charge on any atom is -0.306 e. The Bertz CT molecular complexity index is 945. The third kappa shape index (κ3) is 2.26. The predicted octanol–water partition coefficient (Wildman–Crippen LogP) is 4.84. The molecule has 0 fully saturated rings. The van der Waals surface area contributed by atoms with Crippen molar-refractivity contribution in [1.82, 2.24) is 9.97 Å². The third-order valence-electron chi connectivity index (χ3n) is 4.01. The van der Waals surface area contributed by atoms with Crippen molar-refractivity contribution >= 4 is 44.8 Å². The van der Waals surface area contributed by atoms with Crippen LogP contribution in [0.5, 0.6) is 0 Å². The number of halogens is 2. The molecule has 1 N–H and O–H groups in total. The normalized spacial score (nSPS) is 14.3. The van der Waals surface area contributed by atoms with E-state index in [-0.39, 0.29) is 5.56 Å². The Kier molecular flexibility index (Phi) is 3.48. The zero-order chi connectivity index (χ0) is 15.3. The van der Waals surface area contributed by atoms with Crippen LogP contribution in [0, 0.1) is 0 Å². The second kappa shape index (κ2) is 5.37. The van der Waals surface area contributed by atoms with Crippen molar-refractivity contribution in [2.75, 3.05) is 0 Å². The Balaban J connectivity index is 1.95. The second-order valence-electron chi connectivity index (χ2n) is 5.43. The van der Waals surface area contributed by atoms with E-state index in [1.165, 1.54) is 16.9 Å². The first kappa shape index (κ1) is 14.2. The van der Waals surface area contributed by atoms with Crippen molar-refractivity contribution in [3.05, 3.63) is 49.0 Å². The number of benzene rings is 1. The molecule has 2 heterocycles. The maximum atomic E-state index is 12.5. The van der Waals surface area contributed by atoms with Gasteiger partial charge in [0.05, 0.1) is 10.4 Å². The van der Waals surface area contributed by atoms with Gasteiger partial charge in [-0.05, 0) is 49.4 Å². The van der Waals surface area contributed by atoms with Gasteiger partial charge in [0.1, 0.15) is 10.7 Å². The first-order chi connectivity index (χ1) is 10.6. The van der Waals surface area contributed by atoms with Gasteiger partial charge in [-0.25, -0.2) is 4.98 Å². The van der Waals surface area contributed by atoms with Gasteiger partial charge in [-0.15, -0.1) is 11.3 Å². The zero-order valence-electron chi connectivity index (χ0n) is 11.6. The minimum atomic E-state index is -0.0783. The summed E-state index contributed by atoms with van der Waals surface area (Å²) in [6.07, 6.45) is 4.35. The van der Waals surface area contributed by atoms with E-state index in [0.717, 1.165) is 29.5 Å². The highest BCUT2D eigenvalue weighted by Crippen LogP contribution is 2.35. The molecule has 22 heavy (non-hydrogen) atoms. The quantitative estimate of drug-likeness (QED) is 0.682. The van der Waals surface area contributed by atoms with E-state index in [4.69, 9.17) is 23.2 Å². The van der Waals surface area contributed by atoms with Gasteiger partial charge in [-0.2, -0.15) is 0 Å². The minimum absolute atomic E-state index is 0.0783. The van der Waals surface area contributed by atoms with Crippen molar-refractivity contribution in [3.8, 4) is 11.4 Å². The Morgan fingerprint density at radius 2 is 2.00 bits per heavy atom. The van der Waals surface area contributed by atoms with E-state index in [0.29, 0.717) is 21.4 Å². The van der Waals surface area contributed by atoms with Gasteiger partial charge in [0, 0.05) is 15.5 Å². The Hall–Kier alpha value is -1.36. The van der Waals surface area contributed by atoms with Crippen LogP contribution < -0.4 is 5.56 Å². The maximum absolute atomic E-state index is 12.5. The maximum Gasteiger partial charge on any atom is 0.260 e. The van der Waals surface area contributed by atoms with Crippen LogP contribution in [0.4, 0.5) is 0 Å². The highest BCUT2D eigenvalue weighted by molar-refractivity contribution is 7.18. The van der Waals surface area contributed by atoms with E-state index >= 15 is 0 Å². The van der Waals surface area contributed by atoms with Crippen LogP contribution in [0.15, 0.2) is 23.0 Å². The Morgan fingerprint density at radius 3 is 2.82 bits per heavy atom. The molecule has 0 unspecified atom stereocenters. The molecule has 0 saturated carbocycles. The summed E-state index contributed by atoms with van der Waals surface area (Å²) in [5, 5.41) is 1.80. The van der Waals surface area contributed by atoms with Crippen LogP contribution in [-0.4, -0.2) is 9.97 Å². The van der Waals surface area contributed by atoms with Gasteiger partial charge in [0.2, 0.25) is 0 Å². The average Bonchev–Trinajstić information content (AvgIpc) is 2.85. The lowest BCUT2D eigenvalue weighted by Crippen LogP contribution is -2.11. The molecule has 1 aliphatic carbocycles. The van der Waals surface area contributed by atoms with Crippen molar-refractivity contribution in [2.45, 2.75) is 25.7 Å². The molecule has 1 aliphatic rings. The van der Waals surface area contributed by atoms with Crippen LogP contribution in [0.2, 0.25) is 10.0 Å². The van der Waals surface area contributed by atoms with Crippen LogP contribution in [0.3, 0.4) is 0 Å².